The largest absolute Gasteiger partial charge is 0.497 e. The Labute approximate surface area is 176 Å². The minimum absolute atomic E-state index is 0.220. The molecule has 3 aromatic rings. The third kappa shape index (κ3) is 4.01. The number of carbonyl (C=O) groups excluding carboxylic acids is 2. The summed E-state index contributed by atoms with van der Waals surface area (Å²) in [6.45, 7) is 0.205. The van der Waals surface area contributed by atoms with Crippen molar-refractivity contribution in [1.82, 2.24) is 4.90 Å². The maximum Gasteiger partial charge on any atom is 0.317 e. The quantitative estimate of drug-likeness (QED) is 0.558. The van der Waals surface area contributed by atoms with Crippen LogP contribution < -0.4 is 4.74 Å². The minimum Gasteiger partial charge on any atom is -0.497 e. The van der Waals surface area contributed by atoms with E-state index in [1.165, 1.54) is 0 Å². The number of rotatable bonds is 7. The van der Waals surface area contributed by atoms with Crippen LogP contribution in [-0.4, -0.2) is 37.5 Å². The summed E-state index contributed by atoms with van der Waals surface area (Å²) in [4.78, 5) is 26.7. The van der Waals surface area contributed by atoms with Gasteiger partial charge in [0.1, 0.15) is 5.75 Å². The van der Waals surface area contributed by atoms with Crippen LogP contribution in [0, 0.1) is 0 Å². The molecule has 0 N–H and O–H groups in total. The van der Waals surface area contributed by atoms with Gasteiger partial charge in [0.15, 0.2) is 6.61 Å². The van der Waals surface area contributed by atoms with Crippen molar-refractivity contribution < 1.29 is 19.1 Å². The van der Waals surface area contributed by atoms with Crippen molar-refractivity contribution in [2.75, 3.05) is 20.8 Å². The number of hydrogen-bond donors (Lipinski definition) is 0. The lowest BCUT2D eigenvalue weighted by Gasteiger charge is -2.19. The molecule has 1 aliphatic carbocycles. The number of benzene rings is 3. The lowest BCUT2D eigenvalue weighted by atomic mass is 9.96. The number of nitrogens with zero attached hydrogens (tertiary/aromatic N) is 1. The van der Waals surface area contributed by atoms with Crippen molar-refractivity contribution in [2.45, 2.75) is 24.8 Å². The standard InChI is InChI=1S/C25H25NO4/c1-26(16-18-8-9-20-15-22(29-2)11-10-19(20)14-18)23(27)17-30-24(28)25(12-13-25)21-6-4-3-5-7-21/h3-11,14-15H,12-13,16-17H2,1-2H3. The zero-order chi connectivity index (χ0) is 21.1. The smallest absolute Gasteiger partial charge is 0.317 e. The average Bonchev–Trinajstić information content (AvgIpc) is 3.59. The molecule has 5 nitrogen and oxygen atoms in total. The van der Waals surface area contributed by atoms with Crippen LogP contribution >= 0.6 is 0 Å². The predicted octanol–water partition coefficient (Wildman–Crippen LogP) is 4.08. The van der Waals surface area contributed by atoms with Crippen LogP contribution in [-0.2, 0) is 26.3 Å². The molecule has 0 atom stereocenters. The number of hydrogen-bond acceptors (Lipinski definition) is 4. The summed E-state index contributed by atoms with van der Waals surface area (Å²) in [5, 5.41) is 2.16. The van der Waals surface area contributed by atoms with E-state index in [-0.39, 0.29) is 18.5 Å². The van der Waals surface area contributed by atoms with E-state index in [9.17, 15) is 9.59 Å². The molecule has 0 radical (unpaired) electrons. The molecule has 0 unspecified atom stereocenters. The van der Waals surface area contributed by atoms with E-state index in [4.69, 9.17) is 9.47 Å². The van der Waals surface area contributed by atoms with Crippen LogP contribution in [0.3, 0.4) is 0 Å². The monoisotopic (exact) mass is 403 g/mol. The molecule has 30 heavy (non-hydrogen) atoms. The van der Waals surface area contributed by atoms with E-state index in [0.717, 1.165) is 40.5 Å². The lowest BCUT2D eigenvalue weighted by molar-refractivity contribution is -0.154. The van der Waals surface area contributed by atoms with Crippen molar-refractivity contribution in [3.05, 3.63) is 77.9 Å². The number of esters is 1. The zero-order valence-corrected chi connectivity index (χ0v) is 17.3. The lowest BCUT2D eigenvalue weighted by Crippen LogP contribution is -2.33. The average molecular weight is 403 g/mol. The number of carbonyl (C=O) groups is 2. The van der Waals surface area contributed by atoms with Gasteiger partial charge in [-0.05, 0) is 52.9 Å². The molecule has 0 bridgehead atoms. The highest BCUT2D eigenvalue weighted by atomic mass is 16.5. The fraction of sp³-hybridized carbons (Fsp3) is 0.280. The third-order valence-electron chi connectivity index (χ3n) is 5.75. The van der Waals surface area contributed by atoms with Gasteiger partial charge < -0.3 is 14.4 Å². The summed E-state index contributed by atoms with van der Waals surface area (Å²) in [6.07, 6.45) is 1.53. The summed E-state index contributed by atoms with van der Waals surface area (Å²) in [5.41, 5.74) is 1.40. The Balaban J connectivity index is 1.35. The molecule has 5 heteroatoms. The Bertz CT molecular complexity index is 1070. The number of likely N-dealkylation sites (N-methyl/N-ethyl adjacent to an activating group) is 1. The predicted molar refractivity (Wildman–Crippen MR) is 115 cm³/mol. The number of methoxy groups -OCH3 is 1. The molecule has 4 rings (SSSR count). The Hall–Kier alpha value is -3.34. The second-order valence-corrected chi connectivity index (χ2v) is 7.82. The van der Waals surface area contributed by atoms with Crippen molar-refractivity contribution in [3.8, 4) is 5.75 Å². The van der Waals surface area contributed by atoms with Gasteiger partial charge in [0.25, 0.3) is 5.91 Å². The van der Waals surface area contributed by atoms with E-state index in [1.807, 2.05) is 60.7 Å². The summed E-state index contributed by atoms with van der Waals surface area (Å²) in [7, 11) is 3.37. The van der Waals surface area contributed by atoms with E-state index in [0.29, 0.717) is 6.54 Å². The highest BCUT2D eigenvalue weighted by Gasteiger charge is 2.52. The van der Waals surface area contributed by atoms with E-state index >= 15 is 0 Å². The van der Waals surface area contributed by atoms with Crippen LogP contribution in [0.5, 0.6) is 5.75 Å². The molecular formula is C25H25NO4. The molecule has 1 amide bonds. The first-order valence-electron chi connectivity index (χ1n) is 10.1. The molecule has 0 aromatic heterocycles. The van der Waals surface area contributed by atoms with Gasteiger partial charge in [0.05, 0.1) is 12.5 Å². The highest BCUT2D eigenvalue weighted by Crippen LogP contribution is 2.49. The Morgan fingerprint density at radius 2 is 1.67 bits per heavy atom. The molecule has 154 valence electrons. The van der Waals surface area contributed by atoms with Crippen LogP contribution in [0.25, 0.3) is 10.8 Å². The highest BCUT2D eigenvalue weighted by molar-refractivity contribution is 5.89. The van der Waals surface area contributed by atoms with Crippen molar-refractivity contribution in [3.63, 3.8) is 0 Å². The Kier molecular flexibility index (Phi) is 5.44. The minimum atomic E-state index is -0.570. The van der Waals surface area contributed by atoms with Gasteiger partial charge in [-0.15, -0.1) is 0 Å². The molecule has 0 aliphatic heterocycles. The van der Waals surface area contributed by atoms with Gasteiger partial charge >= 0.3 is 5.97 Å². The van der Waals surface area contributed by atoms with Crippen LogP contribution in [0.1, 0.15) is 24.0 Å². The maximum absolute atomic E-state index is 12.6. The van der Waals surface area contributed by atoms with Crippen LogP contribution in [0.4, 0.5) is 0 Å². The van der Waals surface area contributed by atoms with E-state index in [2.05, 4.69) is 6.07 Å². The number of ether oxygens (including phenoxy) is 2. The van der Waals surface area contributed by atoms with Gasteiger partial charge in [-0.2, -0.15) is 0 Å². The number of amides is 1. The van der Waals surface area contributed by atoms with Crippen molar-refractivity contribution in [1.29, 1.82) is 0 Å². The van der Waals surface area contributed by atoms with Gasteiger partial charge in [0.2, 0.25) is 0 Å². The molecule has 1 aliphatic rings. The molecule has 1 saturated carbocycles. The summed E-state index contributed by atoms with van der Waals surface area (Å²) in [6, 6.07) is 21.6. The fourth-order valence-electron chi connectivity index (χ4n) is 3.73. The maximum atomic E-state index is 12.6. The molecule has 0 spiro atoms. The Morgan fingerprint density at radius 1 is 0.967 bits per heavy atom. The second kappa shape index (κ2) is 8.19. The van der Waals surface area contributed by atoms with Crippen molar-refractivity contribution in [2.24, 2.45) is 0 Å². The summed E-state index contributed by atoms with van der Waals surface area (Å²) >= 11 is 0. The first-order chi connectivity index (χ1) is 14.5. The fourth-order valence-corrected chi connectivity index (χ4v) is 3.73. The summed E-state index contributed by atoms with van der Waals surface area (Å²) in [5.74, 6) is 0.283. The molecule has 0 heterocycles. The number of fused-ring (bicyclic) bond motifs is 1. The van der Waals surface area contributed by atoms with Crippen molar-refractivity contribution >= 4 is 22.6 Å². The van der Waals surface area contributed by atoms with Crippen LogP contribution in [0.2, 0.25) is 0 Å². The van der Waals surface area contributed by atoms with Gasteiger partial charge in [0, 0.05) is 13.6 Å². The Morgan fingerprint density at radius 3 is 2.37 bits per heavy atom. The molecule has 3 aromatic carbocycles. The van der Waals surface area contributed by atoms with Gasteiger partial charge in [-0.3, -0.25) is 9.59 Å². The topological polar surface area (TPSA) is 55.8 Å². The molecular weight excluding hydrogens is 378 g/mol. The van der Waals surface area contributed by atoms with Gasteiger partial charge in [-0.1, -0.05) is 48.5 Å². The van der Waals surface area contributed by atoms with Crippen LogP contribution in [0.15, 0.2) is 66.7 Å². The second-order valence-electron chi connectivity index (χ2n) is 7.82. The van der Waals surface area contributed by atoms with E-state index in [1.54, 1.807) is 19.1 Å². The first-order valence-corrected chi connectivity index (χ1v) is 10.1. The first kappa shape index (κ1) is 20.0. The molecule has 0 saturated heterocycles. The normalized spacial score (nSPS) is 14.2. The summed E-state index contributed by atoms with van der Waals surface area (Å²) < 4.78 is 10.7. The third-order valence-corrected chi connectivity index (χ3v) is 5.75. The van der Waals surface area contributed by atoms with E-state index < -0.39 is 5.41 Å². The van der Waals surface area contributed by atoms with Gasteiger partial charge in [-0.25, -0.2) is 0 Å². The molecule has 1 fully saturated rings. The zero-order valence-electron chi connectivity index (χ0n) is 17.3. The SMILES string of the molecule is COc1ccc2cc(CN(C)C(=O)COC(=O)C3(c4ccccc4)CC3)ccc2c1.